The predicted octanol–water partition coefficient (Wildman–Crippen LogP) is 3.56. The van der Waals surface area contributed by atoms with Crippen LogP contribution in [0.1, 0.15) is 45.1 Å². The number of Topliss-reactive ketones (excluding diaryl/α,β-unsaturated/α-hetero) is 2. The summed E-state index contributed by atoms with van der Waals surface area (Å²) in [5.74, 6) is 0.0263. The van der Waals surface area contributed by atoms with Crippen LogP contribution in [0.15, 0.2) is 30.3 Å². The third-order valence-corrected chi connectivity index (χ3v) is 4.37. The smallest absolute Gasteiger partial charge is 0.151 e. The molecule has 0 spiro atoms. The van der Waals surface area contributed by atoms with E-state index in [4.69, 9.17) is 4.74 Å². The SMILES string of the molecule is CCCC[C@H]1CC(=O)[C@@](C)(COCc2ccccc2)C1=O. The summed E-state index contributed by atoms with van der Waals surface area (Å²) in [4.78, 5) is 24.7. The molecule has 0 amide bonds. The molecule has 1 aliphatic carbocycles. The van der Waals surface area contributed by atoms with Crippen LogP contribution in [0.3, 0.4) is 0 Å². The van der Waals surface area contributed by atoms with E-state index in [1.165, 1.54) is 0 Å². The normalized spacial score (nSPS) is 25.5. The Bertz CT molecular complexity index is 494. The summed E-state index contributed by atoms with van der Waals surface area (Å²) in [5, 5.41) is 0. The Kier molecular flexibility index (Phi) is 5.29. The first-order chi connectivity index (χ1) is 10.1. The van der Waals surface area contributed by atoms with Gasteiger partial charge in [-0.25, -0.2) is 0 Å². The number of rotatable bonds is 7. The fourth-order valence-electron chi connectivity index (χ4n) is 2.91. The first kappa shape index (κ1) is 15.9. The fourth-order valence-corrected chi connectivity index (χ4v) is 2.91. The Morgan fingerprint density at radius 3 is 2.62 bits per heavy atom. The van der Waals surface area contributed by atoms with Crippen LogP contribution in [-0.4, -0.2) is 18.2 Å². The Morgan fingerprint density at radius 2 is 1.95 bits per heavy atom. The lowest BCUT2D eigenvalue weighted by atomic mass is 9.85. The lowest BCUT2D eigenvalue weighted by Crippen LogP contribution is -2.35. The van der Waals surface area contributed by atoms with Crippen molar-refractivity contribution in [3.8, 4) is 0 Å². The molecule has 21 heavy (non-hydrogen) atoms. The van der Waals surface area contributed by atoms with Crippen molar-refractivity contribution in [1.29, 1.82) is 0 Å². The number of ether oxygens (including phenoxy) is 1. The quantitative estimate of drug-likeness (QED) is 0.721. The van der Waals surface area contributed by atoms with Crippen molar-refractivity contribution < 1.29 is 14.3 Å². The Morgan fingerprint density at radius 1 is 1.24 bits per heavy atom. The molecule has 0 N–H and O–H groups in total. The summed E-state index contributed by atoms with van der Waals surface area (Å²) in [6, 6.07) is 9.81. The molecule has 0 aromatic heterocycles. The molecule has 1 fully saturated rings. The van der Waals surface area contributed by atoms with Gasteiger partial charge in [0.15, 0.2) is 5.78 Å². The zero-order chi connectivity index (χ0) is 15.3. The topological polar surface area (TPSA) is 43.4 Å². The highest BCUT2D eigenvalue weighted by Gasteiger charge is 2.50. The molecule has 1 aromatic carbocycles. The van der Waals surface area contributed by atoms with Gasteiger partial charge in [0.05, 0.1) is 13.2 Å². The van der Waals surface area contributed by atoms with Gasteiger partial charge in [0.2, 0.25) is 0 Å². The van der Waals surface area contributed by atoms with E-state index in [1.54, 1.807) is 6.92 Å². The van der Waals surface area contributed by atoms with E-state index >= 15 is 0 Å². The molecule has 0 unspecified atom stereocenters. The molecule has 0 saturated heterocycles. The molecule has 2 rings (SSSR count). The number of carbonyl (C=O) groups excluding carboxylic acids is 2. The number of carbonyl (C=O) groups is 2. The minimum Gasteiger partial charge on any atom is -0.375 e. The number of benzene rings is 1. The van der Waals surface area contributed by atoms with Crippen molar-refractivity contribution in [3.63, 3.8) is 0 Å². The number of hydrogen-bond acceptors (Lipinski definition) is 3. The van der Waals surface area contributed by atoms with Crippen molar-refractivity contribution >= 4 is 11.6 Å². The van der Waals surface area contributed by atoms with E-state index in [0.717, 1.165) is 24.8 Å². The van der Waals surface area contributed by atoms with E-state index in [-0.39, 0.29) is 24.1 Å². The maximum Gasteiger partial charge on any atom is 0.151 e. The summed E-state index contributed by atoms with van der Waals surface area (Å²) in [6.07, 6.45) is 3.28. The number of hydrogen-bond donors (Lipinski definition) is 0. The van der Waals surface area contributed by atoms with Crippen molar-refractivity contribution in [2.24, 2.45) is 11.3 Å². The van der Waals surface area contributed by atoms with E-state index in [9.17, 15) is 9.59 Å². The van der Waals surface area contributed by atoms with Crippen LogP contribution in [-0.2, 0) is 20.9 Å². The highest BCUT2D eigenvalue weighted by Crippen LogP contribution is 2.37. The molecule has 1 aliphatic rings. The zero-order valence-electron chi connectivity index (χ0n) is 12.9. The molecule has 0 radical (unpaired) electrons. The van der Waals surface area contributed by atoms with Crippen molar-refractivity contribution in [2.45, 2.75) is 46.1 Å². The van der Waals surface area contributed by atoms with E-state index in [1.807, 2.05) is 30.3 Å². The van der Waals surface area contributed by atoms with Gasteiger partial charge in [-0.05, 0) is 18.9 Å². The summed E-state index contributed by atoms with van der Waals surface area (Å²) in [6.45, 7) is 4.48. The molecule has 0 heterocycles. The monoisotopic (exact) mass is 288 g/mol. The van der Waals surface area contributed by atoms with Crippen LogP contribution in [0.5, 0.6) is 0 Å². The van der Waals surface area contributed by atoms with Gasteiger partial charge in [-0.15, -0.1) is 0 Å². The van der Waals surface area contributed by atoms with Crippen LogP contribution in [0.2, 0.25) is 0 Å². The van der Waals surface area contributed by atoms with Crippen molar-refractivity contribution in [1.82, 2.24) is 0 Å². The maximum atomic E-state index is 12.5. The third-order valence-electron chi connectivity index (χ3n) is 4.37. The molecule has 0 aliphatic heterocycles. The second-order valence-electron chi connectivity index (χ2n) is 6.14. The molecule has 0 bridgehead atoms. The van der Waals surface area contributed by atoms with Crippen LogP contribution >= 0.6 is 0 Å². The van der Waals surface area contributed by atoms with Crippen LogP contribution in [0.25, 0.3) is 0 Å². The van der Waals surface area contributed by atoms with Gasteiger partial charge in [-0.3, -0.25) is 9.59 Å². The molecule has 1 aromatic rings. The highest BCUT2D eigenvalue weighted by molar-refractivity contribution is 6.13. The molecule has 114 valence electrons. The van der Waals surface area contributed by atoms with Gasteiger partial charge in [0.25, 0.3) is 0 Å². The Labute approximate surface area is 126 Å². The average molecular weight is 288 g/mol. The molecule has 3 nitrogen and oxygen atoms in total. The van der Waals surface area contributed by atoms with Gasteiger partial charge < -0.3 is 4.74 Å². The minimum absolute atomic E-state index is 0.0432. The van der Waals surface area contributed by atoms with Gasteiger partial charge >= 0.3 is 0 Å². The number of unbranched alkanes of at least 4 members (excludes halogenated alkanes) is 1. The zero-order valence-corrected chi connectivity index (χ0v) is 12.9. The van der Waals surface area contributed by atoms with Crippen molar-refractivity contribution in [2.75, 3.05) is 6.61 Å². The average Bonchev–Trinajstić information content (AvgIpc) is 2.71. The summed E-state index contributed by atoms with van der Waals surface area (Å²) >= 11 is 0. The van der Waals surface area contributed by atoms with Crippen LogP contribution in [0.4, 0.5) is 0 Å². The van der Waals surface area contributed by atoms with Gasteiger partial charge in [0, 0.05) is 12.3 Å². The Balaban J connectivity index is 1.91. The summed E-state index contributed by atoms with van der Waals surface area (Å²) in [5.41, 5.74) is 0.120. The fraction of sp³-hybridized carbons (Fsp3) is 0.556. The molecule has 2 atom stereocenters. The maximum absolute atomic E-state index is 12.5. The Hall–Kier alpha value is -1.48. The lowest BCUT2D eigenvalue weighted by Gasteiger charge is -2.21. The third kappa shape index (κ3) is 3.59. The first-order valence-electron chi connectivity index (χ1n) is 7.77. The second-order valence-corrected chi connectivity index (χ2v) is 6.14. The van der Waals surface area contributed by atoms with Gasteiger partial charge in [0.1, 0.15) is 11.2 Å². The molecule has 3 heteroatoms. The van der Waals surface area contributed by atoms with Crippen LogP contribution in [0, 0.1) is 11.3 Å². The van der Waals surface area contributed by atoms with Gasteiger partial charge in [-0.2, -0.15) is 0 Å². The lowest BCUT2D eigenvalue weighted by molar-refractivity contribution is -0.139. The van der Waals surface area contributed by atoms with Gasteiger partial charge in [-0.1, -0.05) is 50.1 Å². The summed E-state index contributed by atoms with van der Waals surface area (Å²) < 4.78 is 5.66. The predicted molar refractivity (Wildman–Crippen MR) is 81.9 cm³/mol. The van der Waals surface area contributed by atoms with E-state index in [0.29, 0.717) is 13.0 Å². The minimum atomic E-state index is -0.937. The van der Waals surface area contributed by atoms with Crippen LogP contribution < -0.4 is 0 Å². The second kappa shape index (κ2) is 6.99. The molecular formula is C18H24O3. The standard InChI is InChI=1S/C18H24O3/c1-3-4-10-15-11-16(19)18(2,17(15)20)13-21-12-14-8-6-5-7-9-14/h5-9,15H,3-4,10-13H2,1-2H3/t15-,18+/m0/s1. The molecule has 1 saturated carbocycles. The first-order valence-corrected chi connectivity index (χ1v) is 7.77. The summed E-state index contributed by atoms with van der Waals surface area (Å²) in [7, 11) is 0. The van der Waals surface area contributed by atoms with E-state index in [2.05, 4.69) is 6.92 Å². The van der Waals surface area contributed by atoms with Crippen molar-refractivity contribution in [3.05, 3.63) is 35.9 Å². The highest BCUT2D eigenvalue weighted by atomic mass is 16.5. The van der Waals surface area contributed by atoms with E-state index < -0.39 is 5.41 Å². The number of ketones is 2. The largest absolute Gasteiger partial charge is 0.375 e. The molecular weight excluding hydrogens is 264 g/mol.